The number of aromatic nitrogens is 1. The maximum Gasteiger partial charge on any atom is 0.141 e. The molecule has 2 rings (SSSR count). The molecule has 3 heteroatoms. The summed E-state index contributed by atoms with van der Waals surface area (Å²) in [6.45, 7) is 2.04. The van der Waals surface area contributed by atoms with E-state index in [0.29, 0.717) is 5.69 Å². The first-order valence-corrected chi connectivity index (χ1v) is 5.13. The first kappa shape index (κ1) is 10.5. The average molecular weight is 214 g/mol. The Balaban J connectivity index is 2.28. The van der Waals surface area contributed by atoms with E-state index in [4.69, 9.17) is 0 Å². The molecular weight excluding hydrogens is 200 g/mol. The van der Waals surface area contributed by atoms with Crippen molar-refractivity contribution in [1.82, 2.24) is 4.57 Å². The van der Waals surface area contributed by atoms with Crippen LogP contribution in [0, 0.1) is 6.92 Å². The Morgan fingerprint density at radius 2 is 1.94 bits per heavy atom. The van der Waals surface area contributed by atoms with Gasteiger partial charge in [0.15, 0.2) is 0 Å². The molecule has 0 saturated heterocycles. The van der Waals surface area contributed by atoms with E-state index in [1.54, 1.807) is 24.4 Å². The molecule has 0 bridgehead atoms. The second-order valence-corrected chi connectivity index (χ2v) is 3.71. The first-order valence-electron chi connectivity index (χ1n) is 5.13. The monoisotopic (exact) mass is 214 g/mol. The molecule has 0 aliphatic carbocycles. The lowest BCUT2D eigenvalue weighted by molar-refractivity contribution is 0.477. The Kier molecular flexibility index (Phi) is 2.77. The van der Waals surface area contributed by atoms with Crippen molar-refractivity contribution < 1.29 is 5.11 Å². The van der Waals surface area contributed by atoms with Crippen molar-refractivity contribution in [3.05, 3.63) is 47.8 Å². The number of hydrogen-bond acceptors (Lipinski definition) is 2. The van der Waals surface area contributed by atoms with Crippen molar-refractivity contribution in [2.24, 2.45) is 12.0 Å². The fourth-order valence-corrected chi connectivity index (χ4v) is 1.47. The number of aromatic hydroxyl groups is 1. The Hall–Kier alpha value is -2.03. The number of hydrogen-bond donors (Lipinski definition) is 1. The summed E-state index contributed by atoms with van der Waals surface area (Å²) in [6.07, 6.45) is 1.75. The number of para-hydroxylation sites is 2. The number of aryl methyl sites for hydroxylation is 1. The van der Waals surface area contributed by atoms with Crippen LogP contribution in [0.2, 0.25) is 0 Å². The van der Waals surface area contributed by atoms with E-state index in [-0.39, 0.29) is 5.75 Å². The van der Waals surface area contributed by atoms with E-state index < -0.39 is 0 Å². The van der Waals surface area contributed by atoms with Gasteiger partial charge >= 0.3 is 0 Å². The molecule has 2 aromatic rings. The summed E-state index contributed by atoms with van der Waals surface area (Å²) in [5, 5.41) is 9.54. The molecule has 1 heterocycles. The molecular formula is C13H14N2O. The highest BCUT2D eigenvalue weighted by molar-refractivity contribution is 5.81. The quantitative estimate of drug-likeness (QED) is 0.767. The van der Waals surface area contributed by atoms with Crippen LogP contribution in [0.4, 0.5) is 5.69 Å². The van der Waals surface area contributed by atoms with E-state index in [1.165, 1.54) is 5.69 Å². The van der Waals surface area contributed by atoms with Gasteiger partial charge in [-0.25, -0.2) is 0 Å². The highest BCUT2D eigenvalue weighted by atomic mass is 16.3. The van der Waals surface area contributed by atoms with Crippen molar-refractivity contribution in [3.8, 4) is 5.75 Å². The van der Waals surface area contributed by atoms with Crippen LogP contribution in [0.15, 0.2) is 41.4 Å². The van der Waals surface area contributed by atoms with Gasteiger partial charge in [0.1, 0.15) is 11.4 Å². The molecule has 3 nitrogen and oxygen atoms in total. The zero-order chi connectivity index (χ0) is 11.5. The molecule has 0 saturated carbocycles. The lowest BCUT2D eigenvalue weighted by Crippen LogP contribution is -1.96. The highest BCUT2D eigenvalue weighted by Gasteiger charge is 1.99. The Morgan fingerprint density at radius 3 is 2.56 bits per heavy atom. The van der Waals surface area contributed by atoms with Crippen LogP contribution in [0.1, 0.15) is 11.4 Å². The van der Waals surface area contributed by atoms with Gasteiger partial charge in [-0.15, -0.1) is 0 Å². The average Bonchev–Trinajstić information content (AvgIpc) is 2.59. The molecule has 82 valence electrons. The number of benzene rings is 1. The third kappa shape index (κ3) is 1.98. The Labute approximate surface area is 94.7 Å². The SMILES string of the molecule is Cc1ccc(C=Nc2ccccc2O)n1C. The number of aliphatic imine (C=N–C) groups is 1. The van der Waals surface area contributed by atoms with Gasteiger partial charge in [0.05, 0.1) is 11.9 Å². The summed E-state index contributed by atoms with van der Waals surface area (Å²) in [7, 11) is 1.99. The predicted molar refractivity (Wildman–Crippen MR) is 65.5 cm³/mol. The van der Waals surface area contributed by atoms with E-state index in [9.17, 15) is 5.11 Å². The predicted octanol–water partition coefficient (Wildman–Crippen LogP) is 2.79. The minimum absolute atomic E-state index is 0.199. The van der Waals surface area contributed by atoms with Gasteiger partial charge in [0, 0.05) is 12.7 Å². The maximum absolute atomic E-state index is 9.54. The molecule has 0 atom stereocenters. The number of phenols is 1. The molecule has 1 N–H and O–H groups in total. The molecule has 0 fully saturated rings. The molecule has 1 aromatic carbocycles. The van der Waals surface area contributed by atoms with Crippen LogP contribution in [-0.4, -0.2) is 15.9 Å². The fourth-order valence-electron chi connectivity index (χ4n) is 1.47. The molecule has 0 spiro atoms. The van der Waals surface area contributed by atoms with Gasteiger partial charge in [-0.1, -0.05) is 12.1 Å². The molecule has 0 unspecified atom stereocenters. The largest absolute Gasteiger partial charge is 0.506 e. The molecule has 16 heavy (non-hydrogen) atoms. The smallest absolute Gasteiger partial charge is 0.141 e. The second kappa shape index (κ2) is 4.23. The van der Waals surface area contributed by atoms with Gasteiger partial charge in [0.25, 0.3) is 0 Å². The number of nitrogens with zero attached hydrogens (tertiary/aromatic N) is 2. The Bertz CT molecular complexity index is 526. The second-order valence-electron chi connectivity index (χ2n) is 3.71. The van der Waals surface area contributed by atoms with E-state index in [1.807, 2.05) is 36.7 Å². The van der Waals surface area contributed by atoms with Gasteiger partial charge in [0.2, 0.25) is 0 Å². The van der Waals surface area contributed by atoms with Gasteiger partial charge in [-0.2, -0.15) is 0 Å². The van der Waals surface area contributed by atoms with Crippen LogP contribution >= 0.6 is 0 Å². The molecule has 0 radical (unpaired) electrons. The minimum Gasteiger partial charge on any atom is -0.506 e. The van der Waals surface area contributed by atoms with Crippen molar-refractivity contribution >= 4 is 11.9 Å². The summed E-state index contributed by atoms with van der Waals surface area (Å²) in [6, 6.07) is 11.1. The van der Waals surface area contributed by atoms with Crippen LogP contribution in [0.5, 0.6) is 5.75 Å². The minimum atomic E-state index is 0.199. The van der Waals surface area contributed by atoms with E-state index in [2.05, 4.69) is 4.99 Å². The normalized spacial score (nSPS) is 11.1. The van der Waals surface area contributed by atoms with Gasteiger partial charge < -0.3 is 9.67 Å². The molecule has 1 aromatic heterocycles. The zero-order valence-corrected chi connectivity index (χ0v) is 9.38. The molecule has 0 amide bonds. The maximum atomic E-state index is 9.54. The van der Waals surface area contributed by atoms with Crippen LogP contribution < -0.4 is 0 Å². The summed E-state index contributed by atoms with van der Waals surface area (Å²) in [5.41, 5.74) is 2.78. The van der Waals surface area contributed by atoms with Crippen LogP contribution in [0.3, 0.4) is 0 Å². The topological polar surface area (TPSA) is 37.5 Å². The summed E-state index contributed by atoms with van der Waals surface area (Å²) in [5.74, 6) is 0.199. The first-order chi connectivity index (χ1) is 7.68. The van der Waals surface area contributed by atoms with E-state index in [0.717, 1.165) is 5.69 Å². The van der Waals surface area contributed by atoms with Crippen molar-refractivity contribution in [3.63, 3.8) is 0 Å². The van der Waals surface area contributed by atoms with Gasteiger partial charge in [-0.3, -0.25) is 4.99 Å². The Morgan fingerprint density at radius 1 is 1.19 bits per heavy atom. The highest BCUT2D eigenvalue weighted by Crippen LogP contribution is 2.24. The molecule has 0 aliphatic heterocycles. The lowest BCUT2D eigenvalue weighted by atomic mass is 10.3. The fraction of sp³-hybridized carbons (Fsp3) is 0.154. The summed E-state index contributed by atoms with van der Waals surface area (Å²) in [4.78, 5) is 4.25. The number of rotatable bonds is 2. The third-order valence-electron chi connectivity index (χ3n) is 2.63. The van der Waals surface area contributed by atoms with Crippen molar-refractivity contribution in [2.45, 2.75) is 6.92 Å². The zero-order valence-electron chi connectivity index (χ0n) is 9.38. The third-order valence-corrected chi connectivity index (χ3v) is 2.63. The van der Waals surface area contributed by atoms with Crippen LogP contribution in [0.25, 0.3) is 0 Å². The molecule has 0 aliphatic rings. The number of phenolic OH excluding ortho intramolecular Hbond substituents is 1. The standard InChI is InChI=1S/C13H14N2O/c1-10-7-8-11(15(10)2)9-14-12-5-3-4-6-13(12)16/h3-9,16H,1-2H3. The van der Waals surface area contributed by atoms with Crippen LogP contribution in [-0.2, 0) is 7.05 Å². The van der Waals surface area contributed by atoms with Crippen molar-refractivity contribution in [2.75, 3.05) is 0 Å². The van der Waals surface area contributed by atoms with Gasteiger partial charge in [-0.05, 0) is 31.2 Å². The summed E-state index contributed by atoms with van der Waals surface area (Å²) < 4.78 is 2.05. The van der Waals surface area contributed by atoms with E-state index >= 15 is 0 Å². The summed E-state index contributed by atoms with van der Waals surface area (Å²) >= 11 is 0. The van der Waals surface area contributed by atoms with Crippen molar-refractivity contribution in [1.29, 1.82) is 0 Å². The lowest BCUT2D eigenvalue weighted by Gasteiger charge is -2.00.